The van der Waals surface area contributed by atoms with Gasteiger partial charge in [0.2, 0.25) is 0 Å². The molecule has 1 aliphatic rings. The first-order valence-corrected chi connectivity index (χ1v) is 6.65. The molecule has 0 amide bonds. The predicted octanol–water partition coefficient (Wildman–Crippen LogP) is 4.70. The van der Waals surface area contributed by atoms with Crippen LogP contribution in [0.15, 0.2) is 42.5 Å². The molecule has 2 aromatic carbocycles. The highest BCUT2D eigenvalue weighted by molar-refractivity contribution is 6.36. The van der Waals surface area contributed by atoms with Gasteiger partial charge in [-0.15, -0.1) is 0 Å². The standard InChI is InChI=1S/C15H10Cl2O2/c16-10-5-3-6-11(17)15(10)14-8-12(18)9-4-1-2-7-13(9)19-14/h1-7,14H,8H2. The lowest BCUT2D eigenvalue weighted by Gasteiger charge is -2.26. The highest BCUT2D eigenvalue weighted by Gasteiger charge is 2.29. The minimum Gasteiger partial charge on any atom is -0.484 e. The van der Waals surface area contributed by atoms with Crippen LogP contribution in [0.4, 0.5) is 0 Å². The number of benzene rings is 2. The second kappa shape index (κ2) is 4.87. The molecule has 0 saturated heterocycles. The van der Waals surface area contributed by atoms with Crippen molar-refractivity contribution in [1.82, 2.24) is 0 Å². The van der Waals surface area contributed by atoms with Crippen LogP contribution in [-0.2, 0) is 0 Å². The molecule has 0 aromatic heterocycles. The minimum atomic E-state index is -0.427. The van der Waals surface area contributed by atoms with Gasteiger partial charge in [0.1, 0.15) is 11.9 Å². The molecule has 0 saturated carbocycles. The third-order valence-electron chi connectivity index (χ3n) is 3.15. The highest BCUT2D eigenvalue weighted by atomic mass is 35.5. The summed E-state index contributed by atoms with van der Waals surface area (Å²) >= 11 is 12.3. The van der Waals surface area contributed by atoms with Gasteiger partial charge in [0.05, 0.1) is 12.0 Å². The first kappa shape index (κ1) is 12.5. The van der Waals surface area contributed by atoms with Crippen LogP contribution in [0.1, 0.15) is 28.4 Å². The van der Waals surface area contributed by atoms with E-state index in [9.17, 15) is 4.79 Å². The summed E-state index contributed by atoms with van der Waals surface area (Å²) in [5, 5.41) is 1.04. The molecule has 96 valence electrons. The van der Waals surface area contributed by atoms with E-state index in [1.54, 1.807) is 30.3 Å². The Hall–Kier alpha value is -1.51. The quantitative estimate of drug-likeness (QED) is 0.761. The van der Waals surface area contributed by atoms with Crippen LogP contribution < -0.4 is 4.74 Å². The Morgan fingerprint density at radius 3 is 2.42 bits per heavy atom. The second-order valence-electron chi connectivity index (χ2n) is 4.37. The lowest BCUT2D eigenvalue weighted by atomic mass is 9.96. The Morgan fingerprint density at radius 1 is 1.00 bits per heavy atom. The summed E-state index contributed by atoms with van der Waals surface area (Å²) in [5.74, 6) is 0.627. The number of Topliss-reactive ketones (excluding diaryl/α,β-unsaturated/α-hetero) is 1. The number of fused-ring (bicyclic) bond motifs is 1. The van der Waals surface area contributed by atoms with Crippen LogP contribution in [0.25, 0.3) is 0 Å². The third-order valence-corrected chi connectivity index (χ3v) is 3.81. The molecule has 1 unspecified atom stereocenters. The summed E-state index contributed by atoms with van der Waals surface area (Å²) in [6.07, 6.45) is -0.177. The van der Waals surface area contributed by atoms with Gasteiger partial charge in [-0.1, -0.05) is 41.4 Å². The Balaban J connectivity index is 2.04. The summed E-state index contributed by atoms with van der Waals surface area (Å²) in [7, 11) is 0. The van der Waals surface area contributed by atoms with E-state index < -0.39 is 6.10 Å². The first-order chi connectivity index (χ1) is 9.16. The number of hydrogen-bond donors (Lipinski definition) is 0. The molecule has 19 heavy (non-hydrogen) atoms. The van der Waals surface area contributed by atoms with Gasteiger partial charge in [-0.05, 0) is 24.3 Å². The number of ether oxygens (including phenoxy) is 1. The average molecular weight is 293 g/mol. The molecular formula is C15H10Cl2O2. The Bertz CT molecular complexity index is 632. The van der Waals surface area contributed by atoms with Gasteiger partial charge >= 0.3 is 0 Å². The van der Waals surface area contributed by atoms with Crippen LogP contribution in [-0.4, -0.2) is 5.78 Å². The molecule has 0 bridgehead atoms. The zero-order chi connectivity index (χ0) is 13.4. The summed E-state index contributed by atoms with van der Waals surface area (Å²) in [4.78, 5) is 12.1. The maximum absolute atomic E-state index is 12.1. The number of rotatable bonds is 1. The third kappa shape index (κ3) is 2.22. The number of hydrogen-bond acceptors (Lipinski definition) is 2. The topological polar surface area (TPSA) is 26.3 Å². The van der Waals surface area contributed by atoms with E-state index in [0.29, 0.717) is 26.9 Å². The second-order valence-corrected chi connectivity index (χ2v) is 5.18. The molecular weight excluding hydrogens is 283 g/mol. The molecule has 2 nitrogen and oxygen atoms in total. The largest absolute Gasteiger partial charge is 0.484 e. The lowest BCUT2D eigenvalue weighted by Crippen LogP contribution is -2.20. The van der Waals surface area contributed by atoms with Gasteiger partial charge in [0, 0.05) is 15.6 Å². The number of carbonyl (C=O) groups excluding carboxylic acids is 1. The number of ketones is 1. The highest BCUT2D eigenvalue weighted by Crippen LogP contribution is 2.39. The van der Waals surface area contributed by atoms with Gasteiger partial charge in [-0.3, -0.25) is 4.79 Å². The number of carbonyl (C=O) groups is 1. The fourth-order valence-corrected chi connectivity index (χ4v) is 2.89. The van der Waals surface area contributed by atoms with Crippen molar-refractivity contribution in [1.29, 1.82) is 0 Å². The monoisotopic (exact) mass is 292 g/mol. The molecule has 1 atom stereocenters. The molecule has 0 spiro atoms. The average Bonchev–Trinajstić information content (AvgIpc) is 2.38. The molecule has 0 fully saturated rings. The fourth-order valence-electron chi connectivity index (χ4n) is 2.25. The first-order valence-electron chi connectivity index (χ1n) is 5.89. The van der Waals surface area contributed by atoms with Crippen molar-refractivity contribution >= 4 is 29.0 Å². The van der Waals surface area contributed by atoms with Gasteiger partial charge in [0.25, 0.3) is 0 Å². The van der Waals surface area contributed by atoms with E-state index in [0.717, 1.165) is 0 Å². The molecule has 1 aliphatic heterocycles. The number of halogens is 2. The summed E-state index contributed by atoms with van der Waals surface area (Å²) < 4.78 is 5.86. The van der Waals surface area contributed by atoms with Crippen LogP contribution in [0.2, 0.25) is 10.0 Å². The predicted molar refractivity (Wildman–Crippen MR) is 75.2 cm³/mol. The van der Waals surface area contributed by atoms with Gasteiger partial charge in [0.15, 0.2) is 5.78 Å². The molecule has 3 rings (SSSR count). The summed E-state index contributed by atoms with van der Waals surface area (Å²) in [6, 6.07) is 12.5. The molecule has 0 N–H and O–H groups in total. The molecule has 2 aromatic rings. The smallest absolute Gasteiger partial charge is 0.170 e. The maximum atomic E-state index is 12.1. The normalized spacial score (nSPS) is 17.8. The van der Waals surface area contributed by atoms with Crippen molar-refractivity contribution in [3.8, 4) is 5.75 Å². The van der Waals surface area contributed by atoms with Crippen molar-refractivity contribution in [2.75, 3.05) is 0 Å². The Labute approximate surface area is 120 Å². The van der Waals surface area contributed by atoms with Gasteiger partial charge in [-0.2, -0.15) is 0 Å². The SMILES string of the molecule is O=C1CC(c2c(Cl)cccc2Cl)Oc2ccccc21. The number of para-hydroxylation sites is 1. The zero-order valence-corrected chi connectivity index (χ0v) is 11.4. The van der Waals surface area contributed by atoms with Gasteiger partial charge in [-0.25, -0.2) is 0 Å². The molecule has 0 radical (unpaired) electrons. The van der Waals surface area contributed by atoms with Crippen LogP contribution in [0.3, 0.4) is 0 Å². The van der Waals surface area contributed by atoms with E-state index in [-0.39, 0.29) is 12.2 Å². The van der Waals surface area contributed by atoms with Crippen molar-refractivity contribution in [2.45, 2.75) is 12.5 Å². The lowest BCUT2D eigenvalue weighted by molar-refractivity contribution is 0.0850. The van der Waals surface area contributed by atoms with Crippen molar-refractivity contribution in [3.63, 3.8) is 0 Å². The van der Waals surface area contributed by atoms with E-state index in [2.05, 4.69) is 0 Å². The van der Waals surface area contributed by atoms with Crippen LogP contribution in [0, 0.1) is 0 Å². The Morgan fingerprint density at radius 2 is 1.68 bits per heavy atom. The molecule has 1 heterocycles. The molecule has 0 aliphatic carbocycles. The van der Waals surface area contributed by atoms with Gasteiger partial charge < -0.3 is 4.74 Å². The van der Waals surface area contributed by atoms with Crippen LogP contribution in [0.5, 0.6) is 5.75 Å². The van der Waals surface area contributed by atoms with E-state index >= 15 is 0 Å². The molecule has 4 heteroatoms. The van der Waals surface area contributed by atoms with Crippen LogP contribution >= 0.6 is 23.2 Å². The minimum absolute atomic E-state index is 0.0443. The van der Waals surface area contributed by atoms with E-state index in [4.69, 9.17) is 27.9 Å². The zero-order valence-electron chi connectivity index (χ0n) is 9.90. The Kier molecular flexibility index (Phi) is 3.21. The fraction of sp³-hybridized carbons (Fsp3) is 0.133. The summed E-state index contributed by atoms with van der Waals surface area (Å²) in [5.41, 5.74) is 1.29. The van der Waals surface area contributed by atoms with E-state index in [1.165, 1.54) is 0 Å². The van der Waals surface area contributed by atoms with Crippen molar-refractivity contribution < 1.29 is 9.53 Å². The van der Waals surface area contributed by atoms with E-state index in [1.807, 2.05) is 12.1 Å². The van der Waals surface area contributed by atoms with Crippen molar-refractivity contribution in [2.24, 2.45) is 0 Å². The van der Waals surface area contributed by atoms with Crippen molar-refractivity contribution in [3.05, 3.63) is 63.6 Å². The maximum Gasteiger partial charge on any atom is 0.170 e. The summed E-state index contributed by atoms with van der Waals surface area (Å²) in [6.45, 7) is 0.